The van der Waals surface area contributed by atoms with Crippen molar-refractivity contribution in [3.05, 3.63) is 106 Å². The highest BCUT2D eigenvalue weighted by Crippen LogP contribution is 2.36. The molecule has 2 aliphatic heterocycles. The number of aromatic nitrogens is 6. The lowest BCUT2D eigenvalue weighted by Crippen LogP contribution is -2.42. The predicted molar refractivity (Wildman–Crippen MR) is 242 cm³/mol. The number of hydrogen-bond acceptors (Lipinski definition) is 12. The Kier molecular flexibility index (Phi) is 14.1. The number of carboxylic acid groups (broad SMARTS) is 1. The summed E-state index contributed by atoms with van der Waals surface area (Å²) in [5.41, 5.74) is -0.609. The van der Waals surface area contributed by atoms with Crippen LogP contribution < -0.4 is 20.4 Å². The molecule has 13 nitrogen and oxygen atoms in total. The quantitative estimate of drug-likeness (QED) is 0.100. The molecule has 19 heteroatoms. The first-order chi connectivity index (χ1) is 31.3. The molecule has 6 aromatic rings. The van der Waals surface area contributed by atoms with E-state index < -0.39 is 59.1 Å². The van der Waals surface area contributed by atoms with Crippen molar-refractivity contribution in [2.75, 3.05) is 60.7 Å². The van der Waals surface area contributed by atoms with Gasteiger partial charge in [0.1, 0.15) is 46.6 Å². The number of carboxylic acids is 1. The summed E-state index contributed by atoms with van der Waals surface area (Å²) in [5.74, 6) is 0.677. The van der Waals surface area contributed by atoms with Gasteiger partial charge in [-0.1, -0.05) is 36.4 Å². The average molecular weight is 918 g/mol. The molecule has 3 N–H and O–H groups in total. The molecule has 3 atom stereocenters. The smallest absolute Gasteiger partial charge is 0.311 e. The van der Waals surface area contributed by atoms with Crippen molar-refractivity contribution < 1.29 is 36.2 Å². The molecular weight excluding hydrogens is 865 g/mol. The Bertz CT molecular complexity index is 2720. The Balaban J connectivity index is 0.000000196. The summed E-state index contributed by atoms with van der Waals surface area (Å²) in [7, 11) is 4.21. The summed E-state index contributed by atoms with van der Waals surface area (Å²) in [6.45, 7) is 11.2. The van der Waals surface area contributed by atoms with Gasteiger partial charge in [-0.15, -0.1) is 0 Å². The van der Waals surface area contributed by atoms with Crippen molar-refractivity contribution in [3.8, 4) is 0 Å². The van der Waals surface area contributed by atoms with Crippen LogP contribution >= 0.6 is 0 Å². The summed E-state index contributed by atoms with van der Waals surface area (Å²) in [6.07, 6.45) is 0.135. The van der Waals surface area contributed by atoms with Crippen LogP contribution in [-0.2, 0) is 4.79 Å². The van der Waals surface area contributed by atoms with Gasteiger partial charge in [-0.2, -0.15) is 0 Å². The van der Waals surface area contributed by atoms with Gasteiger partial charge in [0, 0.05) is 54.1 Å². The standard InChI is InChI=1S/C24H29F3N6.C23H24F3N5O2/c1-14(17-6-5-7-18(22(17)25)23(26)27)29-24-19-12-21(28-13-20(19)30-15(2)31-24)33-10-8-16(9-11-33)32(3)4;1-12(14-5-4-6-15(19(14)24)20(25)26)28-21-16-9-18(27-10-17(16)29-13(2)30-21)31-8-7-23(3,11-31)22(32)33/h5-7,12-14,16,23H,8-11H2,1-4H3,(H,29,30,31);4-6,9-10,12,20H,7-8,11H2,1-3H3,(H,32,33)(H,28,29,30). The van der Waals surface area contributed by atoms with E-state index in [1.165, 1.54) is 24.3 Å². The number of pyridine rings is 2. The molecule has 2 saturated heterocycles. The van der Waals surface area contributed by atoms with Gasteiger partial charge in [0.15, 0.2) is 0 Å². The van der Waals surface area contributed by atoms with Crippen LogP contribution in [0.25, 0.3) is 21.8 Å². The largest absolute Gasteiger partial charge is 0.481 e. The van der Waals surface area contributed by atoms with Gasteiger partial charge >= 0.3 is 5.97 Å². The molecule has 6 heterocycles. The van der Waals surface area contributed by atoms with E-state index in [9.17, 15) is 36.2 Å². The lowest BCUT2D eigenvalue weighted by molar-refractivity contribution is -0.146. The van der Waals surface area contributed by atoms with Gasteiger partial charge < -0.3 is 30.4 Å². The van der Waals surface area contributed by atoms with E-state index in [0.717, 1.165) is 49.3 Å². The summed E-state index contributed by atoms with van der Waals surface area (Å²) >= 11 is 0. The van der Waals surface area contributed by atoms with Crippen molar-refractivity contribution in [1.82, 2.24) is 34.8 Å². The number of aliphatic carboxylic acids is 1. The van der Waals surface area contributed by atoms with E-state index >= 15 is 0 Å². The number of benzene rings is 2. The molecule has 3 unspecified atom stereocenters. The summed E-state index contributed by atoms with van der Waals surface area (Å²) < 4.78 is 81.9. The van der Waals surface area contributed by atoms with Crippen molar-refractivity contribution in [2.45, 2.75) is 84.9 Å². The number of halogens is 6. The molecular formula is C47H53F6N11O2. The molecule has 0 amide bonds. The normalized spacial score (nSPS) is 17.7. The van der Waals surface area contributed by atoms with Gasteiger partial charge in [-0.05, 0) is 80.1 Å². The van der Waals surface area contributed by atoms with Crippen molar-refractivity contribution in [2.24, 2.45) is 5.41 Å². The minimum atomic E-state index is -2.91. The topological polar surface area (TPSA) is 148 Å². The number of nitrogens with zero attached hydrogens (tertiary/aromatic N) is 9. The minimum absolute atomic E-state index is 0.100. The highest BCUT2D eigenvalue weighted by Gasteiger charge is 2.41. The van der Waals surface area contributed by atoms with Gasteiger partial charge in [0.05, 0.1) is 52.1 Å². The molecule has 8 rings (SSSR count). The maximum Gasteiger partial charge on any atom is 0.311 e. The van der Waals surface area contributed by atoms with Crippen LogP contribution in [0.3, 0.4) is 0 Å². The second kappa shape index (κ2) is 19.6. The van der Waals surface area contributed by atoms with Gasteiger partial charge in [0.2, 0.25) is 0 Å². The van der Waals surface area contributed by atoms with Gasteiger partial charge in [0.25, 0.3) is 12.9 Å². The third-order valence-electron chi connectivity index (χ3n) is 12.4. The second-order valence-corrected chi connectivity index (χ2v) is 17.4. The van der Waals surface area contributed by atoms with Gasteiger partial charge in [-0.25, -0.2) is 56.2 Å². The third-order valence-corrected chi connectivity index (χ3v) is 12.4. The summed E-state index contributed by atoms with van der Waals surface area (Å²) in [4.78, 5) is 44.9. The van der Waals surface area contributed by atoms with Crippen molar-refractivity contribution >= 4 is 51.0 Å². The van der Waals surface area contributed by atoms with E-state index in [4.69, 9.17) is 0 Å². The Labute approximate surface area is 378 Å². The van der Waals surface area contributed by atoms with Crippen LogP contribution in [0.4, 0.5) is 49.6 Å². The summed E-state index contributed by atoms with van der Waals surface area (Å²) in [5, 5.41) is 17.2. The van der Waals surface area contributed by atoms with Crippen molar-refractivity contribution in [3.63, 3.8) is 0 Å². The SMILES string of the molecule is Cc1nc(NC(C)c2cccc(C(F)F)c2F)c2cc(N3CCC(C)(C(=O)O)C3)ncc2n1.Cc1nc(NC(C)c2cccc(C(F)F)c2F)c2cc(N3CCC(N(C)C)CC3)ncc2n1. The Morgan fingerprint density at radius 3 is 1.58 bits per heavy atom. The molecule has 2 aromatic carbocycles. The molecule has 4 aromatic heterocycles. The first-order valence-corrected chi connectivity index (χ1v) is 21.7. The number of aryl methyl sites for hydroxylation is 2. The number of alkyl halides is 4. The molecule has 0 spiro atoms. The number of anilines is 4. The van der Waals surface area contributed by atoms with Crippen LogP contribution in [0.15, 0.2) is 60.9 Å². The molecule has 66 heavy (non-hydrogen) atoms. The third kappa shape index (κ3) is 10.2. The van der Waals surface area contributed by atoms with Crippen LogP contribution in [0.2, 0.25) is 0 Å². The number of carbonyl (C=O) groups is 1. The van der Waals surface area contributed by atoms with E-state index in [0.29, 0.717) is 71.1 Å². The monoisotopic (exact) mass is 917 g/mol. The van der Waals surface area contributed by atoms with E-state index in [1.807, 2.05) is 11.0 Å². The first kappa shape index (κ1) is 47.6. The lowest BCUT2D eigenvalue weighted by Gasteiger charge is -2.35. The van der Waals surface area contributed by atoms with E-state index in [-0.39, 0.29) is 11.1 Å². The maximum atomic E-state index is 14.7. The first-order valence-electron chi connectivity index (χ1n) is 21.7. The zero-order chi connectivity index (χ0) is 47.6. The number of nitrogens with one attached hydrogen (secondary N) is 2. The molecule has 0 saturated carbocycles. The molecule has 0 bridgehead atoms. The lowest BCUT2D eigenvalue weighted by atomic mass is 9.90. The average Bonchev–Trinajstić information content (AvgIpc) is 3.69. The maximum absolute atomic E-state index is 14.7. The number of piperidine rings is 1. The second-order valence-electron chi connectivity index (χ2n) is 17.4. The van der Waals surface area contributed by atoms with Crippen molar-refractivity contribution in [1.29, 1.82) is 0 Å². The summed E-state index contributed by atoms with van der Waals surface area (Å²) in [6, 6.07) is 11.0. The van der Waals surface area contributed by atoms with Crippen LogP contribution in [0.5, 0.6) is 0 Å². The fraction of sp³-hybridized carbons (Fsp3) is 0.426. The molecule has 0 aliphatic carbocycles. The van der Waals surface area contributed by atoms with Crippen LogP contribution in [0, 0.1) is 30.9 Å². The Morgan fingerprint density at radius 1 is 0.727 bits per heavy atom. The predicted octanol–water partition coefficient (Wildman–Crippen LogP) is 10.00. The van der Waals surface area contributed by atoms with E-state index in [2.05, 4.69) is 64.4 Å². The fourth-order valence-corrected chi connectivity index (χ4v) is 8.49. The zero-order valence-corrected chi connectivity index (χ0v) is 37.8. The number of rotatable bonds is 12. The number of hydrogen-bond donors (Lipinski definition) is 3. The molecule has 2 aliphatic rings. The highest BCUT2D eigenvalue weighted by molar-refractivity contribution is 5.92. The minimum Gasteiger partial charge on any atom is -0.481 e. The number of fused-ring (bicyclic) bond motifs is 2. The Morgan fingerprint density at radius 2 is 1.17 bits per heavy atom. The fourth-order valence-electron chi connectivity index (χ4n) is 8.49. The zero-order valence-electron chi connectivity index (χ0n) is 37.8. The van der Waals surface area contributed by atoms with Crippen LogP contribution in [0.1, 0.15) is 98.9 Å². The molecule has 350 valence electrons. The molecule has 0 radical (unpaired) electrons. The van der Waals surface area contributed by atoms with Gasteiger partial charge in [-0.3, -0.25) is 4.79 Å². The highest BCUT2D eigenvalue weighted by atomic mass is 19.3. The molecule has 2 fully saturated rings. The Hall–Kier alpha value is -6.37. The van der Waals surface area contributed by atoms with E-state index in [1.54, 1.807) is 53.1 Å². The van der Waals surface area contributed by atoms with Crippen LogP contribution in [-0.4, -0.2) is 92.2 Å².